The molecule has 0 aliphatic carbocycles. The second-order valence-electron chi connectivity index (χ2n) is 8.55. The molecule has 9 heteroatoms. The average Bonchev–Trinajstić information content (AvgIpc) is 3.53. The molecule has 0 spiro atoms. The van der Waals surface area contributed by atoms with Gasteiger partial charge in [0.2, 0.25) is 0 Å². The van der Waals surface area contributed by atoms with E-state index in [1.54, 1.807) is 10.9 Å². The third-order valence-electron chi connectivity index (χ3n) is 6.31. The monoisotopic (exact) mass is 444 g/mol. The van der Waals surface area contributed by atoms with E-state index in [2.05, 4.69) is 44.0 Å². The van der Waals surface area contributed by atoms with Crippen molar-refractivity contribution in [2.75, 3.05) is 6.54 Å². The fourth-order valence-electron chi connectivity index (χ4n) is 4.39. The number of fused-ring (bicyclic) bond motifs is 1. The second kappa shape index (κ2) is 8.67. The standard InChI is InChI=1S/C24H28N8O/c1-17-20(13-27-30(17)3)15-31-9-10-32-16-21(24(33)25-11-18-12-26-29(2)14-18)28-23(32)22(31)19-7-5-4-6-8-19/h4-8,12-14,16,22H,9-11,15H2,1-3H3,(H,25,33). The molecule has 1 N–H and O–H groups in total. The van der Waals surface area contributed by atoms with Gasteiger partial charge >= 0.3 is 0 Å². The van der Waals surface area contributed by atoms with E-state index in [1.807, 2.05) is 55.6 Å². The molecule has 9 nitrogen and oxygen atoms in total. The summed E-state index contributed by atoms with van der Waals surface area (Å²) in [5.41, 5.74) is 4.91. The first-order valence-corrected chi connectivity index (χ1v) is 11.1. The fraction of sp³-hybridized carbons (Fsp3) is 0.333. The molecule has 0 saturated heterocycles. The lowest BCUT2D eigenvalue weighted by molar-refractivity contribution is 0.0946. The highest BCUT2D eigenvalue weighted by Gasteiger charge is 2.32. The van der Waals surface area contributed by atoms with Gasteiger partial charge in [-0.25, -0.2) is 4.98 Å². The predicted octanol–water partition coefficient (Wildman–Crippen LogP) is 2.19. The van der Waals surface area contributed by atoms with Crippen LogP contribution in [0.5, 0.6) is 0 Å². The molecule has 0 radical (unpaired) electrons. The van der Waals surface area contributed by atoms with Crippen LogP contribution in [0.25, 0.3) is 0 Å². The van der Waals surface area contributed by atoms with Crippen molar-refractivity contribution in [3.05, 3.63) is 89.0 Å². The maximum atomic E-state index is 12.9. The summed E-state index contributed by atoms with van der Waals surface area (Å²) in [6.45, 7) is 4.92. The smallest absolute Gasteiger partial charge is 0.271 e. The molecule has 0 fully saturated rings. The number of imidazole rings is 1. The zero-order valence-electron chi connectivity index (χ0n) is 19.1. The lowest BCUT2D eigenvalue weighted by atomic mass is 10.0. The van der Waals surface area contributed by atoms with Gasteiger partial charge < -0.3 is 9.88 Å². The van der Waals surface area contributed by atoms with Crippen LogP contribution in [-0.2, 0) is 33.7 Å². The Kier molecular flexibility index (Phi) is 5.55. The highest BCUT2D eigenvalue weighted by Crippen LogP contribution is 2.33. The van der Waals surface area contributed by atoms with E-state index >= 15 is 0 Å². The number of carbonyl (C=O) groups is 1. The molecule has 1 aliphatic heterocycles. The fourth-order valence-corrected chi connectivity index (χ4v) is 4.39. The minimum absolute atomic E-state index is 0.0422. The van der Waals surface area contributed by atoms with E-state index in [4.69, 9.17) is 4.98 Å². The van der Waals surface area contributed by atoms with Crippen molar-refractivity contribution in [3.8, 4) is 0 Å². The molecule has 1 amide bonds. The lowest BCUT2D eigenvalue weighted by Gasteiger charge is -2.36. The third kappa shape index (κ3) is 4.19. The van der Waals surface area contributed by atoms with E-state index < -0.39 is 0 Å². The minimum Gasteiger partial charge on any atom is -0.346 e. The van der Waals surface area contributed by atoms with Gasteiger partial charge in [0.25, 0.3) is 5.91 Å². The molecular weight excluding hydrogens is 416 g/mol. The van der Waals surface area contributed by atoms with Crippen molar-refractivity contribution < 1.29 is 4.79 Å². The van der Waals surface area contributed by atoms with E-state index in [-0.39, 0.29) is 11.9 Å². The largest absolute Gasteiger partial charge is 0.346 e. The number of hydrogen-bond acceptors (Lipinski definition) is 5. The van der Waals surface area contributed by atoms with Crippen molar-refractivity contribution in [1.82, 2.24) is 39.3 Å². The molecule has 3 aromatic heterocycles. The molecule has 1 unspecified atom stereocenters. The average molecular weight is 445 g/mol. The summed E-state index contributed by atoms with van der Waals surface area (Å²) in [7, 11) is 3.82. The number of nitrogens with zero attached hydrogens (tertiary/aromatic N) is 7. The Labute approximate surface area is 192 Å². The van der Waals surface area contributed by atoms with Crippen LogP contribution in [0.15, 0.2) is 55.1 Å². The summed E-state index contributed by atoms with van der Waals surface area (Å²) in [6, 6.07) is 10.3. The zero-order valence-corrected chi connectivity index (χ0v) is 19.1. The molecule has 1 aromatic carbocycles. The van der Waals surface area contributed by atoms with Gasteiger partial charge in [-0.3, -0.25) is 19.1 Å². The number of aromatic nitrogens is 6. The third-order valence-corrected chi connectivity index (χ3v) is 6.31. The zero-order chi connectivity index (χ0) is 22.9. The summed E-state index contributed by atoms with van der Waals surface area (Å²) in [4.78, 5) is 20.1. The summed E-state index contributed by atoms with van der Waals surface area (Å²) >= 11 is 0. The van der Waals surface area contributed by atoms with Crippen molar-refractivity contribution in [1.29, 1.82) is 0 Å². The Morgan fingerprint density at radius 1 is 1.09 bits per heavy atom. The van der Waals surface area contributed by atoms with Gasteiger partial charge in [0.05, 0.1) is 18.4 Å². The molecule has 4 aromatic rings. The van der Waals surface area contributed by atoms with E-state index in [0.29, 0.717) is 12.2 Å². The Hall–Kier alpha value is -3.72. The maximum absolute atomic E-state index is 12.9. The van der Waals surface area contributed by atoms with Gasteiger partial charge in [-0.05, 0) is 12.5 Å². The van der Waals surface area contributed by atoms with Gasteiger partial charge in [0, 0.05) is 69.5 Å². The summed E-state index contributed by atoms with van der Waals surface area (Å²) in [6.07, 6.45) is 7.46. The quantitative estimate of drug-likeness (QED) is 0.493. The van der Waals surface area contributed by atoms with Crippen molar-refractivity contribution in [2.24, 2.45) is 14.1 Å². The molecule has 0 saturated carbocycles. The SMILES string of the molecule is Cc1c(CN2CCn3cc(C(=O)NCc4cnn(C)c4)nc3C2c2ccccc2)cnn1C. The van der Waals surface area contributed by atoms with Crippen LogP contribution >= 0.6 is 0 Å². The number of hydrogen-bond donors (Lipinski definition) is 1. The predicted molar refractivity (Wildman–Crippen MR) is 123 cm³/mol. The molecule has 4 heterocycles. The van der Waals surface area contributed by atoms with Gasteiger partial charge in [0.1, 0.15) is 11.5 Å². The normalized spacial score (nSPS) is 16.0. The number of rotatable bonds is 6. The highest BCUT2D eigenvalue weighted by molar-refractivity contribution is 5.92. The Morgan fingerprint density at radius 3 is 2.61 bits per heavy atom. The van der Waals surface area contributed by atoms with E-state index in [0.717, 1.165) is 42.3 Å². The summed E-state index contributed by atoms with van der Waals surface area (Å²) in [5, 5.41) is 11.5. The number of nitrogens with one attached hydrogen (secondary N) is 1. The number of carbonyl (C=O) groups excluding carboxylic acids is 1. The van der Waals surface area contributed by atoms with Gasteiger partial charge in [-0.15, -0.1) is 0 Å². The maximum Gasteiger partial charge on any atom is 0.271 e. The van der Waals surface area contributed by atoms with Crippen molar-refractivity contribution in [2.45, 2.75) is 32.6 Å². The van der Waals surface area contributed by atoms with Crippen LogP contribution in [0.3, 0.4) is 0 Å². The molecule has 5 rings (SSSR count). The number of aryl methyl sites for hydroxylation is 2. The molecular formula is C24H28N8O. The van der Waals surface area contributed by atoms with Crippen molar-refractivity contribution in [3.63, 3.8) is 0 Å². The van der Waals surface area contributed by atoms with Gasteiger partial charge in [0.15, 0.2) is 0 Å². The molecule has 1 atom stereocenters. The topological polar surface area (TPSA) is 85.8 Å². The number of amides is 1. The Bertz CT molecular complexity index is 1270. The van der Waals surface area contributed by atoms with Crippen LogP contribution < -0.4 is 5.32 Å². The van der Waals surface area contributed by atoms with Gasteiger partial charge in [-0.1, -0.05) is 30.3 Å². The first-order chi connectivity index (χ1) is 16.0. The first kappa shape index (κ1) is 21.1. The molecule has 170 valence electrons. The minimum atomic E-state index is -0.179. The number of benzene rings is 1. The second-order valence-corrected chi connectivity index (χ2v) is 8.55. The highest BCUT2D eigenvalue weighted by atomic mass is 16.1. The molecule has 1 aliphatic rings. The molecule has 33 heavy (non-hydrogen) atoms. The van der Waals surface area contributed by atoms with Crippen LogP contribution in [0, 0.1) is 6.92 Å². The van der Waals surface area contributed by atoms with Crippen LogP contribution in [0.2, 0.25) is 0 Å². The first-order valence-electron chi connectivity index (χ1n) is 11.1. The van der Waals surface area contributed by atoms with Crippen LogP contribution in [-0.4, -0.2) is 46.5 Å². The van der Waals surface area contributed by atoms with Crippen LogP contribution in [0.4, 0.5) is 0 Å². The van der Waals surface area contributed by atoms with Crippen molar-refractivity contribution >= 4 is 5.91 Å². The summed E-state index contributed by atoms with van der Waals surface area (Å²) in [5.74, 6) is 0.711. The lowest BCUT2D eigenvalue weighted by Crippen LogP contribution is -2.38. The Balaban J connectivity index is 1.42. The van der Waals surface area contributed by atoms with Gasteiger partial charge in [-0.2, -0.15) is 10.2 Å². The molecule has 0 bridgehead atoms. The van der Waals surface area contributed by atoms with E-state index in [1.165, 1.54) is 5.56 Å². The van der Waals surface area contributed by atoms with E-state index in [9.17, 15) is 4.79 Å². The summed E-state index contributed by atoms with van der Waals surface area (Å²) < 4.78 is 5.74. The Morgan fingerprint density at radius 2 is 1.91 bits per heavy atom. The van der Waals surface area contributed by atoms with Crippen LogP contribution in [0.1, 0.15) is 44.7 Å².